The first-order valence-electron chi connectivity index (χ1n) is 7.98. The van der Waals surface area contributed by atoms with Gasteiger partial charge in [-0.05, 0) is 42.7 Å². The Hall–Kier alpha value is -2.41. The molecule has 1 amide bonds. The van der Waals surface area contributed by atoms with Crippen molar-refractivity contribution in [2.45, 2.75) is 26.8 Å². The maximum Gasteiger partial charge on any atom is 0.232 e. The number of nitrogens with zero attached hydrogens (tertiary/aromatic N) is 2. The molecule has 6 nitrogen and oxygen atoms in total. The molecular weight excluding hydrogens is 338 g/mol. The van der Waals surface area contributed by atoms with Crippen molar-refractivity contribution in [2.75, 3.05) is 17.1 Å². The highest BCUT2D eigenvalue weighted by Crippen LogP contribution is 2.25. The molecule has 0 fully saturated rings. The Labute approximate surface area is 148 Å². The summed E-state index contributed by atoms with van der Waals surface area (Å²) in [5.41, 5.74) is 3.41. The molecule has 0 atom stereocenters. The van der Waals surface area contributed by atoms with Crippen LogP contribution in [-0.2, 0) is 21.4 Å². The third-order valence-electron chi connectivity index (χ3n) is 4.00. The van der Waals surface area contributed by atoms with Gasteiger partial charge in [-0.2, -0.15) is 0 Å². The van der Waals surface area contributed by atoms with Gasteiger partial charge in [-0.15, -0.1) is 0 Å². The third kappa shape index (κ3) is 5.29. The van der Waals surface area contributed by atoms with Crippen molar-refractivity contribution in [1.29, 1.82) is 0 Å². The second-order valence-corrected chi connectivity index (χ2v) is 7.85. The van der Waals surface area contributed by atoms with E-state index in [0.717, 1.165) is 22.9 Å². The van der Waals surface area contributed by atoms with Gasteiger partial charge in [0, 0.05) is 31.9 Å². The van der Waals surface area contributed by atoms with Crippen LogP contribution in [0.1, 0.15) is 23.1 Å². The van der Waals surface area contributed by atoms with Crippen molar-refractivity contribution < 1.29 is 13.2 Å². The smallest absolute Gasteiger partial charge is 0.232 e. The Morgan fingerprint density at radius 2 is 1.96 bits per heavy atom. The van der Waals surface area contributed by atoms with E-state index in [2.05, 4.69) is 10.3 Å². The molecule has 134 valence electrons. The van der Waals surface area contributed by atoms with Gasteiger partial charge in [0.25, 0.3) is 0 Å². The van der Waals surface area contributed by atoms with Gasteiger partial charge in [-0.3, -0.25) is 14.1 Å². The molecule has 2 rings (SSSR count). The maximum atomic E-state index is 12.2. The van der Waals surface area contributed by atoms with Crippen LogP contribution in [0.2, 0.25) is 0 Å². The summed E-state index contributed by atoms with van der Waals surface area (Å²) >= 11 is 0. The van der Waals surface area contributed by atoms with Crippen molar-refractivity contribution in [3.63, 3.8) is 0 Å². The predicted molar refractivity (Wildman–Crippen MR) is 98.8 cm³/mol. The van der Waals surface area contributed by atoms with Crippen LogP contribution < -0.4 is 9.62 Å². The summed E-state index contributed by atoms with van der Waals surface area (Å²) in [5, 5.41) is 2.78. The van der Waals surface area contributed by atoms with Crippen molar-refractivity contribution in [2.24, 2.45) is 0 Å². The highest BCUT2D eigenvalue weighted by atomic mass is 32.2. The molecule has 0 unspecified atom stereocenters. The van der Waals surface area contributed by atoms with E-state index in [9.17, 15) is 13.2 Å². The molecule has 1 N–H and O–H groups in total. The summed E-state index contributed by atoms with van der Waals surface area (Å²) in [4.78, 5) is 16.1. The molecule has 2 aromatic rings. The number of benzene rings is 1. The van der Waals surface area contributed by atoms with E-state index < -0.39 is 10.0 Å². The summed E-state index contributed by atoms with van der Waals surface area (Å²) in [5.74, 6) is -0.206. The normalized spacial score (nSPS) is 11.2. The Morgan fingerprint density at radius 3 is 2.60 bits per heavy atom. The van der Waals surface area contributed by atoms with Crippen LogP contribution in [0.15, 0.2) is 42.7 Å². The maximum absolute atomic E-state index is 12.2. The Kier molecular flexibility index (Phi) is 6.14. The number of amides is 1. The van der Waals surface area contributed by atoms with Gasteiger partial charge in [0.1, 0.15) is 0 Å². The number of carbonyl (C=O) groups excluding carboxylic acids is 1. The van der Waals surface area contributed by atoms with E-state index in [1.807, 2.05) is 32.0 Å². The number of rotatable bonds is 7. The lowest BCUT2D eigenvalue weighted by atomic mass is 10.1. The Balaban J connectivity index is 2.03. The molecule has 0 radical (unpaired) electrons. The van der Waals surface area contributed by atoms with Crippen LogP contribution >= 0.6 is 0 Å². The van der Waals surface area contributed by atoms with Gasteiger partial charge in [-0.25, -0.2) is 8.42 Å². The molecule has 0 aliphatic rings. The van der Waals surface area contributed by atoms with Gasteiger partial charge < -0.3 is 5.32 Å². The quantitative estimate of drug-likeness (QED) is 0.820. The molecule has 0 bridgehead atoms. The number of nitrogens with one attached hydrogen (secondary N) is 1. The standard InChI is InChI=1S/C18H23N3O3S/c1-14-6-4-8-17(15(14)2)21(25(3,23)24)11-9-18(22)20-13-16-7-5-10-19-12-16/h4-8,10,12H,9,11,13H2,1-3H3,(H,20,22). The molecule has 1 aromatic heterocycles. The Morgan fingerprint density at radius 1 is 1.20 bits per heavy atom. The van der Waals surface area contributed by atoms with Gasteiger partial charge >= 0.3 is 0 Å². The molecule has 0 spiro atoms. The van der Waals surface area contributed by atoms with Crippen molar-refractivity contribution in [3.05, 3.63) is 59.4 Å². The number of carbonyl (C=O) groups is 1. The van der Waals surface area contributed by atoms with Crippen molar-refractivity contribution >= 4 is 21.6 Å². The van der Waals surface area contributed by atoms with Crippen molar-refractivity contribution in [1.82, 2.24) is 10.3 Å². The summed E-state index contributed by atoms with van der Waals surface area (Å²) in [6.45, 7) is 4.28. The van der Waals surface area contributed by atoms with Crippen LogP contribution in [-0.4, -0.2) is 32.1 Å². The van der Waals surface area contributed by atoms with E-state index in [0.29, 0.717) is 12.2 Å². The molecule has 7 heteroatoms. The van der Waals surface area contributed by atoms with Crippen LogP contribution in [0, 0.1) is 13.8 Å². The second-order valence-electron chi connectivity index (χ2n) is 5.94. The number of aromatic nitrogens is 1. The fraction of sp³-hybridized carbons (Fsp3) is 0.333. The summed E-state index contributed by atoms with van der Waals surface area (Å²) < 4.78 is 25.6. The summed E-state index contributed by atoms with van der Waals surface area (Å²) in [6.07, 6.45) is 4.59. The first-order chi connectivity index (χ1) is 11.8. The van der Waals surface area contributed by atoms with Crippen LogP contribution in [0.5, 0.6) is 0 Å². The SMILES string of the molecule is Cc1cccc(N(CCC(=O)NCc2cccnc2)S(C)(=O)=O)c1C. The van der Waals surface area contributed by atoms with Gasteiger partial charge in [0.05, 0.1) is 11.9 Å². The number of hydrogen-bond donors (Lipinski definition) is 1. The minimum atomic E-state index is -3.48. The minimum absolute atomic E-state index is 0.0840. The van der Waals surface area contributed by atoms with Crippen LogP contribution in [0.4, 0.5) is 5.69 Å². The van der Waals surface area contributed by atoms with Gasteiger partial charge in [-0.1, -0.05) is 18.2 Å². The molecule has 25 heavy (non-hydrogen) atoms. The Bertz CT molecular complexity index is 836. The van der Waals surface area contributed by atoms with Gasteiger partial charge in [0.15, 0.2) is 0 Å². The largest absolute Gasteiger partial charge is 0.352 e. The van der Waals surface area contributed by atoms with E-state index in [1.54, 1.807) is 24.5 Å². The number of anilines is 1. The summed E-state index contributed by atoms with van der Waals surface area (Å²) in [7, 11) is -3.48. The third-order valence-corrected chi connectivity index (χ3v) is 5.18. The lowest BCUT2D eigenvalue weighted by Gasteiger charge is -2.24. The second kappa shape index (κ2) is 8.11. The highest BCUT2D eigenvalue weighted by Gasteiger charge is 2.20. The topological polar surface area (TPSA) is 79.4 Å². The van der Waals surface area contributed by atoms with Crippen LogP contribution in [0.25, 0.3) is 0 Å². The fourth-order valence-corrected chi connectivity index (χ4v) is 3.44. The number of hydrogen-bond acceptors (Lipinski definition) is 4. The highest BCUT2D eigenvalue weighted by molar-refractivity contribution is 7.92. The van der Waals surface area contributed by atoms with Crippen molar-refractivity contribution in [3.8, 4) is 0 Å². The predicted octanol–water partition coefficient (Wildman–Crippen LogP) is 2.17. The zero-order valence-corrected chi connectivity index (χ0v) is 15.5. The summed E-state index contributed by atoms with van der Waals surface area (Å²) in [6, 6.07) is 9.18. The average Bonchev–Trinajstić information content (AvgIpc) is 2.56. The van der Waals surface area contributed by atoms with E-state index in [1.165, 1.54) is 4.31 Å². The lowest BCUT2D eigenvalue weighted by Crippen LogP contribution is -2.35. The molecule has 0 saturated carbocycles. The lowest BCUT2D eigenvalue weighted by molar-refractivity contribution is -0.121. The minimum Gasteiger partial charge on any atom is -0.352 e. The zero-order valence-electron chi connectivity index (χ0n) is 14.7. The first kappa shape index (κ1) is 18.9. The monoisotopic (exact) mass is 361 g/mol. The number of aryl methyl sites for hydroxylation is 1. The average molecular weight is 361 g/mol. The van der Waals surface area contributed by atoms with E-state index in [-0.39, 0.29) is 18.9 Å². The first-order valence-corrected chi connectivity index (χ1v) is 9.83. The molecular formula is C18H23N3O3S. The fourth-order valence-electron chi connectivity index (χ4n) is 2.47. The molecule has 0 aliphatic heterocycles. The van der Waals surface area contributed by atoms with Gasteiger partial charge in [0.2, 0.25) is 15.9 Å². The van der Waals surface area contributed by atoms with E-state index in [4.69, 9.17) is 0 Å². The number of sulfonamides is 1. The molecule has 1 aromatic carbocycles. The molecule has 0 saturated heterocycles. The molecule has 1 heterocycles. The molecule has 0 aliphatic carbocycles. The van der Waals surface area contributed by atoms with E-state index >= 15 is 0 Å². The zero-order chi connectivity index (χ0) is 18.4. The van der Waals surface area contributed by atoms with Crippen LogP contribution in [0.3, 0.4) is 0 Å². The number of pyridine rings is 1.